The molecule has 3 N–H and O–H groups in total. The number of piperazine rings is 1. The number of anilines is 2. The second-order valence-electron chi connectivity index (χ2n) is 5.38. The van der Waals surface area contributed by atoms with Crippen molar-refractivity contribution in [1.82, 2.24) is 9.80 Å². The van der Waals surface area contributed by atoms with Crippen LogP contribution in [0, 0.1) is 0 Å². The fourth-order valence-electron chi connectivity index (χ4n) is 2.65. The second-order valence-corrected chi connectivity index (χ2v) is 5.38. The molecule has 1 unspecified atom stereocenters. The third kappa shape index (κ3) is 3.95. The van der Waals surface area contributed by atoms with Crippen molar-refractivity contribution in [3.63, 3.8) is 0 Å². The summed E-state index contributed by atoms with van der Waals surface area (Å²) in [6, 6.07) is 7.74. The lowest BCUT2D eigenvalue weighted by Crippen LogP contribution is -2.53. The molecule has 1 aromatic rings. The number of rotatable bonds is 4. The van der Waals surface area contributed by atoms with Gasteiger partial charge in [-0.05, 0) is 37.7 Å². The topological polar surface area (TPSA) is 61.6 Å². The molecule has 1 aromatic carbocycles. The van der Waals surface area contributed by atoms with Crippen molar-refractivity contribution in [3.8, 4) is 0 Å². The Hall–Kier alpha value is -1.59. The highest BCUT2D eigenvalue weighted by Crippen LogP contribution is 2.12. The highest BCUT2D eigenvalue weighted by Gasteiger charge is 2.23. The lowest BCUT2D eigenvalue weighted by molar-refractivity contribution is -0.118. The molecule has 5 nitrogen and oxygen atoms in total. The summed E-state index contributed by atoms with van der Waals surface area (Å²) in [5, 5.41) is 2.91. The maximum atomic E-state index is 12.0. The Labute approximate surface area is 120 Å². The van der Waals surface area contributed by atoms with Gasteiger partial charge in [-0.1, -0.05) is 6.92 Å². The van der Waals surface area contributed by atoms with E-state index in [0.717, 1.165) is 31.9 Å². The maximum absolute atomic E-state index is 12.0. The molecule has 1 saturated heterocycles. The Bertz CT molecular complexity index is 446. The monoisotopic (exact) mass is 276 g/mol. The molecule has 0 aliphatic carbocycles. The first-order valence-corrected chi connectivity index (χ1v) is 7.20. The fourth-order valence-corrected chi connectivity index (χ4v) is 2.65. The average molecular weight is 276 g/mol. The van der Waals surface area contributed by atoms with E-state index in [1.165, 1.54) is 0 Å². The quantitative estimate of drug-likeness (QED) is 0.812. The van der Waals surface area contributed by atoms with E-state index < -0.39 is 0 Å². The molecule has 110 valence electrons. The van der Waals surface area contributed by atoms with E-state index in [9.17, 15) is 4.79 Å². The number of likely N-dealkylation sites (N-methyl/N-ethyl adjacent to an activating group) is 1. The van der Waals surface area contributed by atoms with Crippen molar-refractivity contribution in [2.75, 3.05) is 43.8 Å². The number of nitrogens with one attached hydrogen (secondary N) is 1. The number of nitrogens with zero attached hydrogens (tertiary/aromatic N) is 2. The number of carbonyl (C=O) groups is 1. The minimum Gasteiger partial charge on any atom is -0.399 e. The number of carbonyl (C=O) groups excluding carboxylic acids is 1. The molecule has 0 radical (unpaired) electrons. The van der Waals surface area contributed by atoms with Crippen molar-refractivity contribution >= 4 is 17.3 Å². The van der Waals surface area contributed by atoms with Crippen LogP contribution in [0.4, 0.5) is 11.4 Å². The summed E-state index contributed by atoms with van der Waals surface area (Å²) in [5.74, 6) is 0.0342. The molecule has 0 saturated carbocycles. The number of nitrogens with two attached hydrogens (primary N) is 1. The summed E-state index contributed by atoms with van der Waals surface area (Å²) in [6.07, 6.45) is 0. The van der Waals surface area contributed by atoms with Gasteiger partial charge in [0.25, 0.3) is 0 Å². The van der Waals surface area contributed by atoms with Gasteiger partial charge in [-0.25, -0.2) is 0 Å². The van der Waals surface area contributed by atoms with Crippen LogP contribution < -0.4 is 11.1 Å². The molecule has 0 spiro atoms. The lowest BCUT2D eigenvalue weighted by Gasteiger charge is -2.38. The number of hydrogen-bond donors (Lipinski definition) is 2. The van der Waals surface area contributed by atoms with E-state index in [1.807, 2.05) is 12.1 Å². The predicted molar refractivity (Wildman–Crippen MR) is 82.6 cm³/mol. The van der Waals surface area contributed by atoms with E-state index >= 15 is 0 Å². The third-order valence-electron chi connectivity index (χ3n) is 3.82. The van der Waals surface area contributed by atoms with Gasteiger partial charge in [0.1, 0.15) is 0 Å². The summed E-state index contributed by atoms with van der Waals surface area (Å²) in [5.41, 5.74) is 7.12. The first-order chi connectivity index (χ1) is 9.58. The van der Waals surface area contributed by atoms with E-state index in [1.54, 1.807) is 12.1 Å². The summed E-state index contributed by atoms with van der Waals surface area (Å²) < 4.78 is 0. The van der Waals surface area contributed by atoms with Crippen LogP contribution in [-0.4, -0.2) is 54.5 Å². The number of amides is 1. The molecular formula is C15H24N4O. The zero-order chi connectivity index (χ0) is 14.5. The SMILES string of the molecule is CCN1CCN(CC(=O)Nc2ccc(N)cc2)CC1C. The van der Waals surface area contributed by atoms with Gasteiger partial charge in [-0.2, -0.15) is 0 Å². The van der Waals surface area contributed by atoms with E-state index in [2.05, 4.69) is 29.0 Å². The van der Waals surface area contributed by atoms with Crippen molar-refractivity contribution in [3.05, 3.63) is 24.3 Å². The smallest absolute Gasteiger partial charge is 0.238 e. The number of benzene rings is 1. The van der Waals surface area contributed by atoms with Crippen LogP contribution in [0.3, 0.4) is 0 Å². The van der Waals surface area contributed by atoms with Crippen LogP contribution in [0.2, 0.25) is 0 Å². The van der Waals surface area contributed by atoms with Crippen LogP contribution >= 0.6 is 0 Å². The van der Waals surface area contributed by atoms with E-state index in [-0.39, 0.29) is 5.91 Å². The molecule has 1 fully saturated rings. The molecule has 1 atom stereocenters. The van der Waals surface area contributed by atoms with Gasteiger partial charge in [-0.15, -0.1) is 0 Å². The summed E-state index contributed by atoms with van der Waals surface area (Å²) in [6.45, 7) is 8.86. The Balaban J connectivity index is 1.81. The molecule has 1 amide bonds. The van der Waals surface area contributed by atoms with Crippen molar-refractivity contribution < 1.29 is 4.79 Å². The first kappa shape index (κ1) is 14.8. The standard InChI is InChI=1S/C15H24N4O/c1-3-19-9-8-18(10-12(19)2)11-15(20)17-14-6-4-13(16)5-7-14/h4-7,12H,3,8-11,16H2,1-2H3,(H,17,20). The predicted octanol–water partition coefficient (Wildman–Crippen LogP) is 1.23. The summed E-state index contributed by atoms with van der Waals surface area (Å²) >= 11 is 0. The highest BCUT2D eigenvalue weighted by atomic mass is 16.2. The molecule has 0 bridgehead atoms. The zero-order valence-corrected chi connectivity index (χ0v) is 12.3. The number of nitrogen functional groups attached to an aromatic ring is 1. The van der Waals surface area contributed by atoms with Gasteiger partial charge < -0.3 is 11.1 Å². The second kappa shape index (κ2) is 6.72. The minimum absolute atomic E-state index is 0.0342. The van der Waals surface area contributed by atoms with Crippen LogP contribution in [0.25, 0.3) is 0 Å². The van der Waals surface area contributed by atoms with Gasteiger partial charge in [0.2, 0.25) is 5.91 Å². The third-order valence-corrected chi connectivity index (χ3v) is 3.82. The molecule has 0 aromatic heterocycles. The lowest BCUT2D eigenvalue weighted by atomic mass is 10.2. The Morgan fingerprint density at radius 1 is 1.35 bits per heavy atom. The average Bonchev–Trinajstić information content (AvgIpc) is 2.41. The Kier molecular flexibility index (Phi) is 4.98. The zero-order valence-electron chi connectivity index (χ0n) is 12.3. The Morgan fingerprint density at radius 3 is 2.65 bits per heavy atom. The van der Waals surface area contributed by atoms with Gasteiger partial charge in [0, 0.05) is 37.1 Å². The molecule has 1 aliphatic heterocycles. The Morgan fingerprint density at radius 2 is 2.05 bits per heavy atom. The molecular weight excluding hydrogens is 252 g/mol. The van der Waals surface area contributed by atoms with Gasteiger partial charge >= 0.3 is 0 Å². The summed E-state index contributed by atoms with van der Waals surface area (Å²) in [4.78, 5) is 16.7. The number of hydrogen-bond acceptors (Lipinski definition) is 4. The van der Waals surface area contributed by atoms with Crippen molar-refractivity contribution in [1.29, 1.82) is 0 Å². The van der Waals surface area contributed by atoms with Gasteiger partial charge in [0.05, 0.1) is 6.54 Å². The molecule has 1 aliphatic rings. The van der Waals surface area contributed by atoms with Crippen molar-refractivity contribution in [2.45, 2.75) is 19.9 Å². The summed E-state index contributed by atoms with van der Waals surface area (Å²) in [7, 11) is 0. The van der Waals surface area contributed by atoms with Crippen LogP contribution in [0.1, 0.15) is 13.8 Å². The first-order valence-electron chi connectivity index (χ1n) is 7.20. The van der Waals surface area contributed by atoms with Crippen molar-refractivity contribution in [2.24, 2.45) is 0 Å². The highest BCUT2D eigenvalue weighted by molar-refractivity contribution is 5.92. The van der Waals surface area contributed by atoms with E-state index in [0.29, 0.717) is 18.3 Å². The molecule has 2 rings (SSSR count). The van der Waals surface area contributed by atoms with Crippen LogP contribution in [0.15, 0.2) is 24.3 Å². The van der Waals surface area contributed by atoms with Crippen LogP contribution in [0.5, 0.6) is 0 Å². The van der Waals surface area contributed by atoms with E-state index in [4.69, 9.17) is 5.73 Å². The fraction of sp³-hybridized carbons (Fsp3) is 0.533. The molecule has 20 heavy (non-hydrogen) atoms. The van der Waals surface area contributed by atoms with Gasteiger partial charge in [0.15, 0.2) is 0 Å². The normalized spacial score (nSPS) is 20.8. The van der Waals surface area contributed by atoms with Gasteiger partial charge in [-0.3, -0.25) is 14.6 Å². The molecule has 1 heterocycles. The largest absolute Gasteiger partial charge is 0.399 e. The maximum Gasteiger partial charge on any atom is 0.238 e. The van der Waals surface area contributed by atoms with Crippen LogP contribution in [-0.2, 0) is 4.79 Å². The molecule has 5 heteroatoms. The minimum atomic E-state index is 0.0342.